The second-order valence-corrected chi connectivity index (χ2v) is 6.77. The number of rotatable bonds is 4. The SMILES string of the molecule is Cc1ccc(-c2cc(C=N)c(N3CCOCC3)nc2-c2ccccc2)cc1. The lowest BCUT2D eigenvalue weighted by Gasteiger charge is -2.30. The number of pyridine rings is 1. The fourth-order valence-electron chi connectivity index (χ4n) is 3.42. The van der Waals surface area contributed by atoms with Gasteiger partial charge in [-0.1, -0.05) is 60.2 Å². The highest BCUT2D eigenvalue weighted by Gasteiger charge is 2.20. The highest BCUT2D eigenvalue weighted by molar-refractivity contribution is 5.92. The second-order valence-electron chi connectivity index (χ2n) is 6.77. The number of nitrogens with zero attached hydrogens (tertiary/aromatic N) is 2. The normalized spacial score (nSPS) is 14.2. The summed E-state index contributed by atoms with van der Waals surface area (Å²) in [5.41, 5.74) is 6.27. The van der Waals surface area contributed by atoms with Crippen molar-refractivity contribution in [2.24, 2.45) is 0 Å². The zero-order valence-corrected chi connectivity index (χ0v) is 15.5. The van der Waals surface area contributed by atoms with Crippen LogP contribution < -0.4 is 4.90 Å². The fraction of sp³-hybridized carbons (Fsp3) is 0.217. The van der Waals surface area contributed by atoms with E-state index in [1.165, 1.54) is 11.8 Å². The molecule has 0 spiro atoms. The van der Waals surface area contributed by atoms with Crippen LogP contribution in [0.5, 0.6) is 0 Å². The van der Waals surface area contributed by atoms with Gasteiger partial charge in [0.15, 0.2) is 0 Å². The molecule has 2 heterocycles. The predicted octanol–water partition coefficient (Wildman–Crippen LogP) is 4.56. The lowest BCUT2D eigenvalue weighted by atomic mass is 9.96. The van der Waals surface area contributed by atoms with Crippen molar-refractivity contribution in [3.8, 4) is 22.4 Å². The van der Waals surface area contributed by atoms with Crippen LogP contribution in [0.2, 0.25) is 0 Å². The van der Waals surface area contributed by atoms with E-state index in [0.717, 1.165) is 46.9 Å². The van der Waals surface area contributed by atoms with Gasteiger partial charge in [-0.25, -0.2) is 4.98 Å². The molecule has 0 saturated carbocycles. The lowest BCUT2D eigenvalue weighted by Crippen LogP contribution is -2.37. The third-order valence-electron chi connectivity index (χ3n) is 4.91. The highest BCUT2D eigenvalue weighted by atomic mass is 16.5. The van der Waals surface area contributed by atoms with Gasteiger partial charge in [0.25, 0.3) is 0 Å². The topological polar surface area (TPSA) is 49.2 Å². The average Bonchev–Trinajstić information content (AvgIpc) is 2.74. The van der Waals surface area contributed by atoms with Crippen molar-refractivity contribution < 1.29 is 4.74 Å². The molecular weight excluding hydrogens is 334 g/mol. The average molecular weight is 357 g/mol. The van der Waals surface area contributed by atoms with E-state index in [2.05, 4.69) is 54.3 Å². The van der Waals surface area contributed by atoms with Crippen LogP contribution in [0.3, 0.4) is 0 Å². The monoisotopic (exact) mass is 357 g/mol. The van der Waals surface area contributed by atoms with E-state index in [-0.39, 0.29) is 0 Å². The van der Waals surface area contributed by atoms with Crippen LogP contribution in [0.25, 0.3) is 22.4 Å². The molecule has 0 aliphatic carbocycles. The largest absolute Gasteiger partial charge is 0.378 e. The van der Waals surface area contributed by atoms with Crippen molar-refractivity contribution in [2.75, 3.05) is 31.2 Å². The minimum absolute atomic E-state index is 0.694. The molecule has 3 aromatic rings. The number of hydrogen-bond acceptors (Lipinski definition) is 4. The molecule has 4 heteroatoms. The van der Waals surface area contributed by atoms with Crippen LogP contribution in [0.15, 0.2) is 60.7 Å². The third-order valence-corrected chi connectivity index (χ3v) is 4.91. The van der Waals surface area contributed by atoms with Crippen molar-refractivity contribution in [1.82, 2.24) is 4.98 Å². The lowest BCUT2D eigenvalue weighted by molar-refractivity contribution is 0.122. The zero-order chi connectivity index (χ0) is 18.6. The Morgan fingerprint density at radius 2 is 1.67 bits per heavy atom. The minimum Gasteiger partial charge on any atom is -0.378 e. The highest BCUT2D eigenvalue weighted by Crippen LogP contribution is 2.34. The van der Waals surface area contributed by atoms with Gasteiger partial charge in [-0.2, -0.15) is 0 Å². The first-order chi connectivity index (χ1) is 13.3. The number of anilines is 1. The van der Waals surface area contributed by atoms with Crippen molar-refractivity contribution >= 4 is 12.0 Å². The van der Waals surface area contributed by atoms with E-state index in [4.69, 9.17) is 15.1 Å². The van der Waals surface area contributed by atoms with Crippen LogP contribution in [-0.2, 0) is 4.74 Å². The smallest absolute Gasteiger partial charge is 0.138 e. The molecule has 0 atom stereocenters. The Hall–Kier alpha value is -2.98. The number of aryl methyl sites for hydroxylation is 1. The first kappa shape index (κ1) is 17.4. The summed E-state index contributed by atoms with van der Waals surface area (Å²) in [6.45, 7) is 5.07. The number of benzene rings is 2. The van der Waals surface area contributed by atoms with Crippen LogP contribution in [0, 0.1) is 12.3 Å². The first-order valence-electron chi connectivity index (χ1n) is 9.27. The molecule has 1 aromatic heterocycles. The molecule has 1 aliphatic heterocycles. The Morgan fingerprint density at radius 3 is 2.33 bits per heavy atom. The number of hydrogen-bond donors (Lipinski definition) is 1. The minimum atomic E-state index is 0.694. The molecule has 0 amide bonds. The van der Waals surface area contributed by atoms with Gasteiger partial charge >= 0.3 is 0 Å². The van der Waals surface area contributed by atoms with Gasteiger partial charge in [0.05, 0.1) is 18.9 Å². The predicted molar refractivity (Wildman–Crippen MR) is 111 cm³/mol. The molecular formula is C23H23N3O. The maximum absolute atomic E-state index is 7.95. The quantitative estimate of drug-likeness (QED) is 0.697. The molecule has 2 aromatic carbocycles. The molecule has 1 fully saturated rings. The molecule has 136 valence electrons. The van der Waals surface area contributed by atoms with Crippen molar-refractivity contribution in [2.45, 2.75) is 6.92 Å². The Bertz CT molecular complexity index is 930. The summed E-state index contributed by atoms with van der Waals surface area (Å²) in [4.78, 5) is 7.27. The molecule has 0 unspecified atom stereocenters. The third kappa shape index (κ3) is 3.62. The van der Waals surface area contributed by atoms with Gasteiger partial charge < -0.3 is 15.0 Å². The van der Waals surface area contributed by atoms with Gasteiger partial charge in [0, 0.05) is 36.0 Å². The van der Waals surface area contributed by atoms with Gasteiger partial charge in [0.1, 0.15) is 5.82 Å². The summed E-state index contributed by atoms with van der Waals surface area (Å²) >= 11 is 0. The fourth-order valence-corrected chi connectivity index (χ4v) is 3.42. The van der Waals surface area contributed by atoms with E-state index in [1.54, 1.807) is 0 Å². The molecule has 4 nitrogen and oxygen atoms in total. The van der Waals surface area contributed by atoms with Crippen molar-refractivity contribution in [1.29, 1.82) is 5.41 Å². The number of morpholine rings is 1. The van der Waals surface area contributed by atoms with Crippen LogP contribution in [0.1, 0.15) is 11.1 Å². The summed E-state index contributed by atoms with van der Waals surface area (Å²) in [7, 11) is 0. The zero-order valence-electron chi connectivity index (χ0n) is 15.5. The number of aromatic nitrogens is 1. The molecule has 0 bridgehead atoms. The Morgan fingerprint density at radius 1 is 0.963 bits per heavy atom. The summed E-state index contributed by atoms with van der Waals surface area (Å²) in [6.07, 6.45) is 1.41. The maximum Gasteiger partial charge on any atom is 0.138 e. The molecule has 4 rings (SSSR count). The molecule has 0 radical (unpaired) electrons. The molecule has 1 saturated heterocycles. The summed E-state index contributed by atoms with van der Waals surface area (Å²) in [5.74, 6) is 0.864. The van der Waals surface area contributed by atoms with Gasteiger partial charge in [0.2, 0.25) is 0 Å². The van der Waals surface area contributed by atoms with Crippen LogP contribution >= 0.6 is 0 Å². The van der Waals surface area contributed by atoms with Gasteiger partial charge in [-0.05, 0) is 18.6 Å². The van der Waals surface area contributed by atoms with Crippen LogP contribution in [0.4, 0.5) is 5.82 Å². The van der Waals surface area contributed by atoms with Crippen molar-refractivity contribution in [3.63, 3.8) is 0 Å². The summed E-state index contributed by atoms with van der Waals surface area (Å²) < 4.78 is 5.49. The molecule has 1 N–H and O–H groups in total. The van der Waals surface area contributed by atoms with E-state index in [1.807, 2.05) is 18.2 Å². The maximum atomic E-state index is 7.95. The van der Waals surface area contributed by atoms with Crippen molar-refractivity contribution in [3.05, 3.63) is 71.8 Å². The van der Waals surface area contributed by atoms with Gasteiger partial charge in [-0.3, -0.25) is 0 Å². The first-order valence-corrected chi connectivity index (χ1v) is 9.27. The second kappa shape index (κ2) is 7.72. The standard InChI is InChI=1S/C23H23N3O/c1-17-7-9-18(10-8-17)21-15-20(16-24)23(26-11-13-27-14-12-26)25-22(21)19-5-3-2-4-6-19/h2-10,15-16,24H,11-14H2,1H3. The summed E-state index contributed by atoms with van der Waals surface area (Å²) in [5, 5.41) is 7.95. The van der Waals surface area contributed by atoms with E-state index in [9.17, 15) is 0 Å². The van der Waals surface area contributed by atoms with E-state index in [0.29, 0.717) is 13.2 Å². The Labute approximate surface area is 160 Å². The van der Waals surface area contributed by atoms with E-state index < -0.39 is 0 Å². The number of nitrogens with one attached hydrogen (secondary N) is 1. The molecule has 27 heavy (non-hydrogen) atoms. The Balaban J connectivity index is 1.91. The van der Waals surface area contributed by atoms with Gasteiger partial charge in [-0.15, -0.1) is 0 Å². The summed E-state index contributed by atoms with van der Waals surface area (Å²) in [6, 6.07) is 20.8. The number of ether oxygens (including phenoxy) is 1. The Kier molecular flexibility index (Phi) is 4.99. The van der Waals surface area contributed by atoms with E-state index >= 15 is 0 Å². The van der Waals surface area contributed by atoms with Crippen LogP contribution in [-0.4, -0.2) is 37.5 Å². The molecule has 1 aliphatic rings.